The fourth-order valence-electron chi connectivity index (χ4n) is 1.58. The van der Waals surface area contributed by atoms with E-state index in [0.29, 0.717) is 17.0 Å². The van der Waals surface area contributed by atoms with Crippen molar-refractivity contribution in [2.45, 2.75) is 18.4 Å². The monoisotopic (exact) mass is 266 g/mol. The number of sulfonamides is 1. The van der Waals surface area contributed by atoms with Gasteiger partial charge < -0.3 is 10.2 Å². The van der Waals surface area contributed by atoms with Crippen LogP contribution in [-0.4, -0.2) is 8.42 Å². The molecule has 1 aromatic heterocycles. The molecule has 0 atom stereocenters. The minimum atomic E-state index is -3.58. The number of hydrogen-bond donors (Lipinski definition) is 2. The van der Waals surface area contributed by atoms with Crippen LogP contribution in [0.3, 0.4) is 0 Å². The first-order valence-corrected chi connectivity index (χ1v) is 6.86. The van der Waals surface area contributed by atoms with Crippen LogP contribution in [0.1, 0.15) is 11.3 Å². The lowest BCUT2D eigenvalue weighted by Gasteiger charge is -2.09. The number of nitrogen functional groups attached to an aromatic ring is 1. The summed E-state index contributed by atoms with van der Waals surface area (Å²) >= 11 is 0. The summed E-state index contributed by atoms with van der Waals surface area (Å²) < 4.78 is 31.7. The number of benzene rings is 1. The summed E-state index contributed by atoms with van der Waals surface area (Å²) in [5, 5.41) is 0. The average Bonchev–Trinajstić information content (AvgIpc) is 2.83. The van der Waals surface area contributed by atoms with E-state index in [1.165, 1.54) is 12.3 Å². The molecule has 0 aliphatic heterocycles. The van der Waals surface area contributed by atoms with Crippen molar-refractivity contribution in [1.82, 2.24) is 4.72 Å². The van der Waals surface area contributed by atoms with Crippen LogP contribution in [0.25, 0.3) is 0 Å². The molecular weight excluding hydrogens is 252 g/mol. The molecule has 0 bridgehead atoms. The van der Waals surface area contributed by atoms with Gasteiger partial charge in [0.1, 0.15) is 5.76 Å². The maximum Gasteiger partial charge on any atom is 0.241 e. The Bertz CT molecular complexity index is 633. The van der Waals surface area contributed by atoms with E-state index >= 15 is 0 Å². The number of rotatable bonds is 4. The molecule has 0 spiro atoms. The van der Waals surface area contributed by atoms with Gasteiger partial charge in [-0.15, -0.1) is 0 Å². The predicted molar refractivity (Wildman–Crippen MR) is 68.3 cm³/mol. The highest BCUT2D eigenvalue weighted by Gasteiger charge is 2.17. The summed E-state index contributed by atoms with van der Waals surface area (Å²) in [6.07, 6.45) is 1.50. The zero-order valence-electron chi connectivity index (χ0n) is 9.88. The van der Waals surface area contributed by atoms with Crippen LogP contribution in [0, 0.1) is 6.92 Å². The van der Waals surface area contributed by atoms with E-state index in [0.717, 1.165) is 0 Å². The summed E-state index contributed by atoms with van der Waals surface area (Å²) in [5.74, 6) is 0.556. The van der Waals surface area contributed by atoms with Crippen LogP contribution in [0.4, 0.5) is 5.69 Å². The van der Waals surface area contributed by atoms with Crippen LogP contribution in [0.2, 0.25) is 0 Å². The molecule has 96 valence electrons. The molecule has 3 N–H and O–H groups in total. The third kappa shape index (κ3) is 2.55. The quantitative estimate of drug-likeness (QED) is 0.824. The highest BCUT2D eigenvalue weighted by molar-refractivity contribution is 7.89. The Balaban J connectivity index is 2.23. The molecule has 2 rings (SSSR count). The summed E-state index contributed by atoms with van der Waals surface area (Å²) in [6.45, 7) is 1.79. The van der Waals surface area contributed by atoms with Crippen molar-refractivity contribution in [3.8, 4) is 0 Å². The Labute approximate surface area is 106 Å². The fraction of sp³-hybridized carbons (Fsp3) is 0.167. The lowest BCUT2D eigenvalue weighted by molar-refractivity contribution is 0.498. The molecule has 0 fully saturated rings. The SMILES string of the molecule is Cc1c(N)cccc1S(=O)(=O)NCc1ccco1. The first-order chi connectivity index (χ1) is 8.50. The minimum Gasteiger partial charge on any atom is -0.468 e. The predicted octanol–water partition coefficient (Wildman–Crippen LogP) is 1.65. The first-order valence-electron chi connectivity index (χ1n) is 5.38. The van der Waals surface area contributed by atoms with Gasteiger partial charge in [0, 0.05) is 5.69 Å². The standard InChI is InChI=1S/C12H14N2O3S/c1-9-11(13)5-2-6-12(9)18(15,16)14-8-10-4-3-7-17-10/h2-7,14H,8,13H2,1H3. The van der Waals surface area contributed by atoms with E-state index in [1.54, 1.807) is 31.2 Å². The summed E-state index contributed by atoms with van der Waals surface area (Å²) in [6, 6.07) is 8.21. The van der Waals surface area contributed by atoms with Gasteiger partial charge in [-0.05, 0) is 36.8 Å². The molecule has 0 aliphatic rings. The molecule has 0 aliphatic carbocycles. The minimum absolute atomic E-state index is 0.115. The van der Waals surface area contributed by atoms with Gasteiger partial charge in [0.2, 0.25) is 10.0 Å². The van der Waals surface area contributed by atoms with Crippen LogP contribution in [-0.2, 0) is 16.6 Å². The van der Waals surface area contributed by atoms with Gasteiger partial charge >= 0.3 is 0 Å². The summed E-state index contributed by atoms with van der Waals surface area (Å²) in [5.41, 5.74) is 6.70. The van der Waals surface area contributed by atoms with Crippen molar-refractivity contribution in [1.29, 1.82) is 0 Å². The van der Waals surface area contributed by atoms with Crippen LogP contribution < -0.4 is 10.5 Å². The van der Waals surface area contributed by atoms with Crippen molar-refractivity contribution in [3.05, 3.63) is 47.9 Å². The number of anilines is 1. The third-order valence-electron chi connectivity index (χ3n) is 2.63. The Morgan fingerprint density at radius 2 is 2.06 bits per heavy atom. The van der Waals surface area contributed by atoms with Crippen molar-refractivity contribution in [2.24, 2.45) is 0 Å². The van der Waals surface area contributed by atoms with E-state index < -0.39 is 10.0 Å². The number of furan rings is 1. The highest BCUT2D eigenvalue weighted by atomic mass is 32.2. The van der Waals surface area contributed by atoms with Crippen molar-refractivity contribution in [2.75, 3.05) is 5.73 Å². The van der Waals surface area contributed by atoms with Gasteiger partial charge in [-0.1, -0.05) is 6.07 Å². The second kappa shape index (κ2) is 4.83. The molecule has 0 unspecified atom stereocenters. The Morgan fingerprint density at radius 1 is 1.28 bits per heavy atom. The second-order valence-corrected chi connectivity index (χ2v) is 5.61. The third-order valence-corrected chi connectivity index (χ3v) is 4.18. The van der Waals surface area contributed by atoms with Gasteiger partial charge in [0.15, 0.2) is 0 Å². The van der Waals surface area contributed by atoms with Gasteiger partial charge in [-0.25, -0.2) is 13.1 Å². The van der Waals surface area contributed by atoms with E-state index in [9.17, 15) is 8.42 Å². The highest BCUT2D eigenvalue weighted by Crippen LogP contribution is 2.20. The van der Waals surface area contributed by atoms with Gasteiger partial charge in [-0.3, -0.25) is 0 Å². The van der Waals surface area contributed by atoms with E-state index in [4.69, 9.17) is 10.2 Å². The lowest BCUT2D eigenvalue weighted by atomic mass is 10.2. The number of nitrogens with one attached hydrogen (secondary N) is 1. The maximum absolute atomic E-state index is 12.1. The average molecular weight is 266 g/mol. The molecule has 2 aromatic rings. The van der Waals surface area contributed by atoms with Gasteiger partial charge in [0.25, 0.3) is 0 Å². The molecule has 1 aromatic carbocycles. The van der Waals surface area contributed by atoms with Crippen LogP contribution in [0.5, 0.6) is 0 Å². The van der Waals surface area contributed by atoms with Crippen molar-refractivity contribution >= 4 is 15.7 Å². The summed E-state index contributed by atoms with van der Waals surface area (Å²) in [4.78, 5) is 0.189. The van der Waals surface area contributed by atoms with Crippen molar-refractivity contribution in [3.63, 3.8) is 0 Å². The molecule has 0 radical (unpaired) electrons. The van der Waals surface area contributed by atoms with Gasteiger partial charge in [-0.2, -0.15) is 0 Å². The molecule has 6 heteroatoms. The molecule has 0 saturated carbocycles. The number of hydrogen-bond acceptors (Lipinski definition) is 4. The molecule has 0 amide bonds. The topological polar surface area (TPSA) is 85.3 Å². The van der Waals surface area contributed by atoms with E-state index in [1.807, 2.05) is 0 Å². The fourth-order valence-corrected chi connectivity index (χ4v) is 2.85. The van der Waals surface area contributed by atoms with E-state index in [2.05, 4.69) is 4.72 Å². The largest absolute Gasteiger partial charge is 0.468 e. The first kappa shape index (κ1) is 12.7. The van der Waals surface area contributed by atoms with Crippen LogP contribution >= 0.6 is 0 Å². The Hall–Kier alpha value is -1.79. The van der Waals surface area contributed by atoms with Crippen molar-refractivity contribution < 1.29 is 12.8 Å². The lowest BCUT2D eigenvalue weighted by Crippen LogP contribution is -2.24. The Kier molecular flexibility index (Phi) is 3.40. The Morgan fingerprint density at radius 3 is 2.72 bits per heavy atom. The van der Waals surface area contributed by atoms with Crippen LogP contribution in [0.15, 0.2) is 45.9 Å². The zero-order valence-corrected chi connectivity index (χ0v) is 10.7. The second-order valence-electron chi connectivity index (χ2n) is 3.87. The molecule has 1 heterocycles. The normalized spacial score (nSPS) is 11.6. The van der Waals surface area contributed by atoms with Gasteiger partial charge in [0.05, 0.1) is 17.7 Å². The molecule has 18 heavy (non-hydrogen) atoms. The molecule has 5 nitrogen and oxygen atoms in total. The maximum atomic E-state index is 12.1. The summed E-state index contributed by atoms with van der Waals surface area (Å²) in [7, 11) is -3.58. The molecular formula is C12H14N2O3S. The zero-order chi connectivity index (χ0) is 13.2. The number of nitrogens with two attached hydrogens (primary N) is 1. The smallest absolute Gasteiger partial charge is 0.241 e. The van der Waals surface area contributed by atoms with E-state index in [-0.39, 0.29) is 11.4 Å². The molecule has 0 saturated heterocycles.